The van der Waals surface area contributed by atoms with Gasteiger partial charge in [0, 0.05) is 26.0 Å². The second-order valence-electron chi connectivity index (χ2n) is 8.63. The highest BCUT2D eigenvalue weighted by Gasteiger charge is 2.22. The van der Waals surface area contributed by atoms with Crippen molar-refractivity contribution < 1.29 is 0 Å². The summed E-state index contributed by atoms with van der Waals surface area (Å²) in [5, 5.41) is 0. The van der Waals surface area contributed by atoms with E-state index in [-0.39, 0.29) is 0 Å². The van der Waals surface area contributed by atoms with Gasteiger partial charge in [-0.3, -0.25) is 0 Å². The number of hydrogen-bond acceptors (Lipinski definition) is 2. The van der Waals surface area contributed by atoms with E-state index < -0.39 is 0 Å². The average molecular weight is 385 g/mol. The quantitative estimate of drug-likeness (QED) is 0.269. The summed E-state index contributed by atoms with van der Waals surface area (Å²) in [6.07, 6.45) is 24.9. The highest BCUT2D eigenvalue weighted by molar-refractivity contribution is 5.15. The molecule has 0 radical (unpaired) electrons. The van der Waals surface area contributed by atoms with Crippen molar-refractivity contribution in [2.75, 3.05) is 7.05 Å². The smallest absolute Gasteiger partial charge is 0.101 e. The third-order valence-electron chi connectivity index (χ3n) is 6.12. The van der Waals surface area contributed by atoms with E-state index >= 15 is 0 Å². The molecule has 2 heteroatoms. The molecule has 0 aliphatic carbocycles. The highest BCUT2D eigenvalue weighted by Crippen LogP contribution is 2.22. The van der Waals surface area contributed by atoms with Crippen LogP contribution in [0.2, 0.25) is 0 Å². The van der Waals surface area contributed by atoms with Crippen LogP contribution < -0.4 is 0 Å². The molecule has 1 atom stereocenters. The molecule has 1 aromatic carbocycles. The summed E-state index contributed by atoms with van der Waals surface area (Å²) in [7, 11) is 2.22. The van der Waals surface area contributed by atoms with Crippen LogP contribution in [0.15, 0.2) is 42.7 Å². The zero-order valence-corrected chi connectivity index (χ0v) is 18.6. The predicted molar refractivity (Wildman–Crippen MR) is 123 cm³/mol. The molecule has 1 heterocycles. The third kappa shape index (κ3) is 9.17. The number of hydrogen-bond donors (Lipinski definition) is 0. The van der Waals surface area contributed by atoms with Crippen molar-refractivity contribution in [1.29, 1.82) is 0 Å². The molecule has 2 rings (SSSR count). The SMILES string of the molecule is CCCCCCCCCCCCCCCC1N(C)C=CN1Cc1ccccc1. The first-order chi connectivity index (χ1) is 13.8. The van der Waals surface area contributed by atoms with Crippen molar-refractivity contribution in [1.82, 2.24) is 9.80 Å². The third-order valence-corrected chi connectivity index (χ3v) is 6.12. The van der Waals surface area contributed by atoms with Crippen LogP contribution >= 0.6 is 0 Å². The second kappa shape index (κ2) is 14.5. The molecule has 0 N–H and O–H groups in total. The standard InChI is InChI=1S/C26H44N2/c1-3-4-5-6-7-8-9-10-11-12-13-14-18-21-26-27(2)22-23-28(26)24-25-19-16-15-17-20-25/h15-17,19-20,22-23,26H,3-14,18,21,24H2,1-2H3. The Morgan fingerprint density at radius 1 is 0.679 bits per heavy atom. The average Bonchev–Trinajstić information content (AvgIpc) is 3.05. The van der Waals surface area contributed by atoms with Gasteiger partial charge < -0.3 is 9.80 Å². The van der Waals surface area contributed by atoms with Crippen molar-refractivity contribution in [2.24, 2.45) is 0 Å². The maximum atomic E-state index is 2.50. The zero-order valence-electron chi connectivity index (χ0n) is 18.6. The number of unbranched alkanes of at least 4 members (excludes halogenated alkanes) is 12. The topological polar surface area (TPSA) is 6.48 Å². The van der Waals surface area contributed by atoms with Crippen LogP contribution in [0.4, 0.5) is 0 Å². The molecule has 1 unspecified atom stereocenters. The number of rotatable bonds is 16. The summed E-state index contributed by atoms with van der Waals surface area (Å²) in [4.78, 5) is 4.87. The Labute approximate surface area is 175 Å². The molecular formula is C26H44N2. The number of nitrogens with zero attached hydrogens (tertiary/aromatic N) is 2. The van der Waals surface area contributed by atoms with E-state index in [0.29, 0.717) is 6.17 Å². The maximum absolute atomic E-state index is 2.50. The van der Waals surface area contributed by atoms with E-state index in [0.717, 1.165) is 6.54 Å². The fourth-order valence-electron chi connectivity index (χ4n) is 4.29. The lowest BCUT2D eigenvalue weighted by atomic mass is 10.0. The van der Waals surface area contributed by atoms with Gasteiger partial charge in [0.1, 0.15) is 6.17 Å². The minimum Gasteiger partial charge on any atom is -0.359 e. The Balaban J connectivity index is 1.46. The fourth-order valence-corrected chi connectivity index (χ4v) is 4.29. The minimum atomic E-state index is 0.535. The van der Waals surface area contributed by atoms with Gasteiger partial charge in [0.25, 0.3) is 0 Å². The van der Waals surface area contributed by atoms with Crippen molar-refractivity contribution in [3.8, 4) is 0 Å². The molecule has 1 aliphatic heterocycles. The molecule has 1 aliphatic rings. The molecule has 0 saturated carbocycles. The summed E-state index contributed by atoms with van der Waals surface area (Å²) < 4.78 is 0. The Kier molecular flexibility index (Phi) is 11.9. The Morgan fingerprint density at radius 2 is 1.21 bits per heavy atom. The van der Waals surface area contributed by atoms with E-state index in [2.05, 4.69) is 66.5 Å². The molecule has 0 fully saturated rings. The molecule has 28 heavy (non-hydrogen) atoms. The summed E-state index contributed by atoms with van der Waals surface area (Å²) in [6.45, 7) is 3.31. The fraction of sp³-hybridized carbons (Fsp3) is 0.692. The molecule has 0 saturated heterocycles. The van der Waals surface area contributed by atoms with Crippen LogP contribution in [0.5, 0.6) is 0 Å². The van der Waals surface area contributed by atoms with E-state index in [1.54, 1.807) is 0 Å². The van der Waals surface area contributed by atoms with E-state index in [1.807, 2.05) is 0 Å². The van der Waals surface area contributed by atoms with Gasteiger partial charge in [-0.15, -0.1) is 0 Å². The van der Waals surface area contributed by atoms with Crippen LogP contribution in [0.3, 0.4) is 0 Å². The van der Waals surface area contributed by atoms with Gasteiger partial charge in [0.05, 0.1) is 0 Å². The minimum absolute atomic E-state index is 0.535. The van der Waals surface area contributed by atoms with E-state index in [4.69, 9.17) is 0 Å². The van der Waals surface area contributed by atoms with E-state index in [1.165, 1.54) is 95.5 Å². The van der Waals surface area contributed by atoms with Crippen molar-refractivity contribution in [2.45, 2.75) is 110 Å². The van der Waals surface area contributed by atoms with Crippen LogP contribution in [-0.4, -0.2) is 23.0 Å². The first-order valence-corrected chi connectivity index (χ1v) is 12.0. The summed E-state index contributed by atoms with van der Waals surface area (Å²) >= 11 is 0. The Hall–Kier alpha value is -1.44. The van der Waals surface area contributed by atoms with Gasteiger partial charge in [0.2, 0.25) is 0 Å². The second-order valence-corrected chi connectivity index (χ2v) is 8.63. The molecule has 0 aromatic heterocycles. The van der Waals surface area contributed by atoms with Gasteiger partial charge in [0.15, 0.2) is 0 Å². The first-order valence-electron chi connectivity index (χ1n) is 12.0. The summed E-state index contributed by atoms with van der Waals surface area (Å²) in [5.74, 6) is 0. The lowest BCUT2D eigenvalue weighted by molar-refractivity contribution is 0.155. The van der Waals surface area contributed by atoms with Crippen molar-refractivity contribution in [3.63, 3.8) is 0 Å². The maximum Gasteiger partial charge on any atom is 0.101 e. The van der Waals surface area contributed by atoms with Gasteiger partial charge >= 0.3 is 0 Å². The summed E-state index contributed by atoms with van der Waals surface area (Å²) in [6, 6.07) is 10.8. The van der Waals surface area contributed by atoms with Crippen LogP contribution in [0, 0.1) is 0 Å². The van der Waals surface area contributed by atoms with Crippen LogP contribution in [-0.2, 0) is 6.54 Å². The Morgan fingerprint density at radius 3 is 1.79 bits per heavy atom. The van der Waals surface area contributed by atoms with Gasteiger partial charge in [-0.2, -0.15) is 0 Å². The highest BCUT2D eigenvalue weighted by atomic mass is 15.4. The molecule has 0 spiro atoms. The summed E-state index contributed by atoms with van der Waals surface area (Å²) in [5.41, 5.74) is 1.40. The van der Waals surface area contributed by atoms with Gasteiger partial charge in [-0.25, -0.2) is 0 Å². The predicted octanol–water partition coefficient (Wildman–Crippen LogP) is 7.71. The monoisotopic (exact) mass is 384 g/mol. The molecule has 2 nitrogen and oxygen atoms in total. The lowest BCUT2D eigenvalue weighted by Gasteiger charge is -2.30. The molecule has 1 aromatic rings. The van der Waals surface area contributed by atoms with E-state index in [9.17, 15) is 0 Å². The van der Waals surface area contributed by atoms with Gasteiger partial charge in [-0.1, -0.05) is 114 Å². The lowest BCUT2D eigenvalue weighted by Crippen LogP contribution is -2.36. The molecule has 158 valence electrons. The van der Waals surface area contributed by atoms with Crippen LogP contribution in [0.1, 0.15) is 102 Å². The van der Waals surface area contributed by atoms with Crippen molar-refractivity contribution in [3.05, 3.63) is 48.3 Å². The molecule has 0 bridgehead atoms. The molecule has 0 amide bonds. The van der Waals surface area contributed by atoms with Crippen LogP contribution in [0.25, 0.3) is 0 Å². The van der Waals surface area contributed by atoms with Crippen molar-refractivity contribution >= 4 is 0 Å². The zero-order chi connectivity index (χ0) is 19.9. The largest absolute Gasteiger partial charge is 0.359 e. The Bertz CT molecular complexity index is 510. The first kappa shape index (κ1) is 22.8. The number of benzene rings is 1. The molecular weight excluding hydrogens is 340 g/mol. The van der Waals surface area contributed by atoms with Gasteiger partial charge in [-0.05, 0) is 18.4 Å². The normalized spacial score (nSPS) is 16.3.